The average Bonchev–Trinajstić information content (AvgIpc) is 2.36. The lowest BCUT2D eigenvalue weighted by Gasteiger charge is -2.30. The maximum atomic E-state index is 9.25. The molecule has 1 aromatic rings. The fourth-order valence-corrected chi connectivity index (χ4v) is 1.20. The molecule has 1 aromatic heterocycles. The summed E-state index contributed by atoms with van der Waals surface area (Å²) in [5.41, 5.74) is -0.732. The van der Waals surface area contributed by atoms with Gasteiger partial charge in [-0.3, -0.25) is 0 Å². The first-order valence-electron chi connectivity index (χ1n) is 4.92. The minimum Gasteiger partial charge on any atom is -0.394 e. The third-order valence-corrected chi connectivity index (χ3v) is 2.47. The van der Waals surface area contributed by atoms with E-state index in [9.17, 15) is 10.2 Å². The van der Waals surface area contributed by atoms with Crippen LogP contribution < -0.4 is 5.32 Å². The largest absolute Gasteiger partial charge is 0.394 e. The van der Waals surface area contributed by atoms with Crippen molar-refractivity contribution in [2.45, 2.75) is 18.9 Å². The molecular formula is C10H14N4O2. The normalized spacial score (nSPS) is 10.9. The number of hydrogen-bond acceptors (Lipinski definition) is 6. The smallest absolute Gasteiger partial charge is 0.182 e. The number of rotatable bonds is 5. The fraction of sp³-hybridized carbons (Fsp3) is 0.500. The number of anilines is 1. The van der Waals surface area contributed by atoms with Crippen molar-refractivity contribution in [2.75, 3.05) is 18.5 Å². The SMILES string of the molecule is CCC(CO)(CO)Nc1nccnc1C#N. The van der Waals surface area contributed by atoms with Crippen LogP contribution in [-0.2, 0) is 0 Å². The summed E-state index contributed by atoms with van der Waals surface area (Å²) in [5, 5.41) is 30.2. The molecule has 0 aromatic carbocycles. The second kappa shape index (κ2) is 5.39. The summed E-state index contributed by atoms with van der Waals surface area (Å²) < 4.78 is 0. The number of hydrogen-bond donors (Lipinski definition) is 3. The van der Waals surface area contributed by atoms with Crippen molar-refractivity contribution in [3.63, 3.8) is 0 Å². The van der Waals surface area contributed by atoms with Gasteiger partial charge in [0.25, 0.3) is 0 Å². The molecule has 0 aliphatic rings. The number of nitrogens with one attached hydrogen (secondary N) is 1. The molecule has 3 N–H and O–H groups in total. The van der Waals surface area contributed by atoms with Crippen molar-refractivity contribution >= 4 is 5.82 Å². The van der Waals surface area contributed by atoms with E-state index >= 15 is 0 Å². The van der Waals surface area contributed by atoms with Crippen LogP contribution in [0.25, 0.3) is 0 Å². The molecule has 0 spiro atoms. The second-order valence-corrected chi connectivity index (χ2v) is 3.44. The van der Waals surface area contributed by atoms with E-state index in [2.05, 4.69) is 15.3 Å². The molecule has 0 saturated heterocycles. The van der Waals surface area contributed by atoms with Gasteiger partial charge in [-0.05, 0) is 6.42 Å². The van der Waals surface area contributed by atoms with E-state index in [0.717, 1.165) is 0 Å². The second-order valence-electron chi connectivity index (χ2n) is 3.44. The Morgan fingerprint density at radius 3 is 2.50 bits per heavy atom. The van der Waals surface area contributed by atoms with Gasteiger partial charge in [0.05, 0.1) is 18.8 Å². The molecule has 0 amide bonds. The van der Waals surface area contributed by atoms with Crippen LogP contribution in [0.2, 0.25) is 0 Å². The Bertz CT molecular complexity index is 376. The lowest BCUT2D eigenvalue weighted by molar-refractivity contribution is 0.132. The van der Waals surface area contributed by atoms with Crippen molar-refractivity contribution in [3.05, 3.63) is 18.1 Å². The van der Waals surface area contributed by atoms with Gasteiger partial charge in [-0.25, -0.2) is 9.97 Å². The van der Waals surface area contributed by atoms with Crippen molar-refractivity contribution in [2.24, 2.45) is 0 Å². The number of aromatic nitrogens is 2. The Morgan fingerprint density at radius 1 is 1.38 bits per heavy atom. The van der Waals surface area contributed by atoms with Crippen molar-refractivity contribution in [1.29, 1.82) is 5.26 Å². The summed E-state index contributed by atoms with van der Waals surface area (Å²) in [7, 11) is 0. The molecular weight excluding hydrogens is 208 g/mol. The molecule has 1 rings (SSSR count). The molecule has 0 atom stereocenters. The first-order chi connectivity index (χ1) is 7.71. The summed E-state index contributed by atoms with van der Waals surface area (Å²) in [5.74, 6) is 0.273. The molecule has 0 bridgehead atoms. The summed E-state index contributed by atoms with van der Waals surface area (Å²) in [6.45, 7) is 1.32. The van der Waals surface area contributed by atoms with Gasteiger partial charge in [0.1, 0.15) is 6.07 Å². The van der Waals surface area contributed by atoms with Gasteiger partial charge in [0.2, 0.25) is 0 Å². The van der Waals surface area contributed by atoms with Crippen molar-refractivity contribution in [3.8, 4) is 6.07 Å². The molecule has 0 aliphatic carbocycles. The van der Waals surface area contributed by atoms with Gasteiger partial charge in [0, 0.05) is 12.4 Å². The van der Waals surface area contributed by atoms with Gasteiger partial charge in [-0.15, -0.1) is 0 Å². The average molecular weight is 222 g/mol. The molecule has 0 saturated carbocycles. The van der Waals surface area contributed by atoms with Crippen LogP contribution >= 0.6 is 0 Å². The lowest BCUT2D eigenvalue weighted by Crippen LogP contribution is -2.45. The molecule has 0 radical (unpaired) electrons. The Kier molecular flexibility index (Phi) is 4.17. The van der Waals surface area contributed by atoms with Gasteiger partial charge in [0.15, 0.2) is 11.5 Å². The quantitative estimate of drug-likeness (QED) is 0.642. The van der Waals surface area contributed by atoms with Gasteiger partial charge in [-0.1, -0.05) is 6.92 Å². The number of nitrogens with zero attached hydrogens (tertiary/aromatic N) is 3. The van der Waals surface area contributed by atoms with E-state index < -0.39 is 5.54 Å². The standard InChI is InChI=1S/C10H14N4O2/c1-2-10(6-15,7-16)14-9-8(5-11)12-3-4-13-9/h3-4,15-16H,2,6-7H2,1H3,(H,13,14). The summed E-state index contributed by atoms with van der Waals surface area (Å²) >= 11 is 0. The molecule has 86 valence electrons. The zero-order chi connectivity index (χ0) is 12.0. The van der Waals surface area contributed by atoms with E-state index in [1.807, 2.05) is 13.0 Å². The highest BCUT2D eigenvalue weighted by Crippen LogP contribution is 2.17. The van der Waals surface area contributed by atoms with E-state index in [1.165, 1.54) is 12.4 Å². The number of aliphatic hydroxyl groups excluding tert-OH is 2. The monoisotopic (exact) mass is 222 g/mol. The lowest BCUT2D eigenvalue weighted by atomic mass is 9.98. The fourth-order valence-electron chi connectivity index (χ4n) is 1.20. The predicted molar refractivity (Wildman–Crippen MR) is 57.6 cm³/mol. The number of nitriles is 1. The first kappa shape index (κ1) is 12.4. The summed E-state index contributed by atoms with van der Waals surface area (Å²) in [6, 6.07) is 1.89. The minimum atomic E-state index is -0.873. The maximum Gasteiger partial charge on any atom is 0.182 e. The van der Waals surface area contributed by atoms with Crippen molar-refractivity contribution in [1.82, 2.24) is 9.97 Å². The minimum absolute atomic E-state index is 0.141. The Labute approximate surface area is 93.6 Å². The highest BCUT2D eigenvalue weighted by atomic mass is 16.3. The first-order valence-corrected chi connectivity index (χ1v) is 4.92. The topological polar surface area (TPSA) is 102 Å². The molecule has 6 heteroatoms. The molecule has 6 nitrogen and oxygen atoms in total. The van der Waals surface area contributed by atoms with E-state index in [0.29, 0.717) is 6.42 Å². The molecule has 16 heavy (non-hydrogen) atoms. The predicted octanol–water partition coefficient (Wildman–Crippen LogP) is -0.106. The third-order valence-electron chi connectivity index (χ3n) is 2.47. The van der Waals surface area contributed by atoms with Gasteiger partial charge in [-0.2, -0.15) is 5.26 Å². The van der Waals surface area contributed by atoms with Crippen LogP contribution in [0.3, 0.4) is 0 Å². The third kappa shape index (κ3) is 2.45. The zero-order valence-corrected chi connectivity index (χ0v) is 9.01. The van der Waals surface area contributed by atoms with Crippen LogP contribution in [0.15, 0.2) is 12.4 Å². The highest BCUT2D eigenvalue weighted by Gasteiger charge is 2.27. The number of aliphatic hydroxyl groups is 2. The van der Waals surface area contributed by atoms with E-state index in [1.54, 1.807) is 0 Å². The van der Waals surface area contributed by atoms with Crippen LogP contribution in [0.4, 0.5) is 5.82 Å². The molecule has 0 aliphatic heterocycles. The van der Waals surface area contributed by atoms with Crippen LogP contribution in [0.5, 0.6) is 0 Å². The van der Waals surface area contributed by atoms with E-state index in [-0.39, 0.29) is 24.7 Å². The van der Waals surface area contributed by atoms with Crippen LogP contribution in [0, 0.1) is 11.3 Å². The molecule has 0 unspecified atom stereocenters. The molecule has 0 fully saturated rings. The highest BCUT2D eigenvalue weighted by molar-refractivity contribution is 5.48. The van der Waals surface area contributed by atoms with Gasteiger partial charge < -0.3 is 15.5 Å². The summed E-state index contributed by atoms with van der Waals surface area (Å²) in [4.78, 5) is 7.79. The van der Waals surface area contributed by atoms with Gasteiger partial charge >= 0.3 is 0 Å². The Morgan fingerprint density at radius 2 is 2.00 bits per heavy atom. The summed E-state index contributed by atoms with van der Waals surface area (Å²) in [6.07, 6.45) is 3.36. The molecule has 1 heterocycles. The zero-order valence-electron chi connectivity index (χ0n) is 9.01. The van der Waals surface area contributed by atoms with Crippen LogP contribution in [0.1, 0.15) is 19.0 Å². The Balaban J connectivity index is 2.99. The van der Waals surface area contributed by atoms with E-state index in [4.69, 9.17) is 5.26 Å². The van der Waals surface area contributed by atoms with Crippen LogP contribution in [-0.4, -0.2) is 38.9 Å². The Hall–Kier alpha value is -1.71. The maximum absolute atomic E-state index is 9.25. The van der Waals surface area contributed by atoms with Crippen molar-refractivity contribution < 1.29 is 10.2 Å².